The third kappa shape index (κ3) is 4.59. The maximum absolute atomic E-state index is 12.6. The van der Waals surface area contributed by atoms with E-state index in [-0.39, 0.29) is 29.7 Å². The molecule has 7 nitrogen and oxygen atoms in total. The molecule has 140 valence electrons. The number of hydrogen-bond donors (Lipinski definition) is 0. The molecule has 26 heavy (non-hydrogen) atoms. The minimum atomic E-state index is -3.83. The predicted octanol–water partition coefficient (Wildman–Crippen LogP) is 2.07. The highest BCUT2D eigenvalue weighted by Crippen LogP contribution is 2.16. The predicted molar refractivity (Wildman–Crippen MR) is 96.2 cm³/mol. The van der Waals surface area contributed by atoms with Crippen LogP contribution in [0.3, 0.4) is 0 Å². The molecule has 2 aromatic rings. The molecule has 0 aliphatic carbocycles. The average molecular weight is 378 g/mol. The summed E-state index contributed by atoms with van der Waals surface area (Å²) in [6.07, 6.45) is 0. The molecule has 0 saturated heterocycles. The summed E-state index contributed by atoms with van der Waals surface area (Å²) in [6, 6.07) is 9.21. The first-order chi connectivity index (χ1) is 12.1. The van der Waals surface area contributed by atoms with Gasteiger partial charge in [0.15, 0.2) is 5.78 Å². The summed E-state index contributed by atoms with van der Waals surface area (Å²) in [4.78, 5) is 25.0. The Morgan fingerprint density at radius 3 is 2.15 bits per heavy atom. The SMILES string of the molecule is CC(=O)c1ccc(S(=O)(=O)N(C)CC(=O)N(C)Cc2ccc(C)o2)cc1. The molecule has 1 aromatic heterocycles. The van der Waals surface area contributed by atoms with Gasteiger partial charge in [-0.3, -0.25) is 9.59 Å². The third-order valence-electron chi connectivity index (χ3n) is 3.94. The van der Waals surface area contributed by atoms with Crippen LogP contribution in [0, 0.1) is 6.92 Å². The quantitative estimate of drug-likeness (QED) is 0.688. The van der Waals surface area contributed by atoms with E-state index in [1.54, 1.807) is 19.2 Å². The molecule has 2 rings (SSSR count). The largest absolute Gasteiger partial charge is 0.464 e. The van der Waals surface area contributed by atoms with E-state index in [0.717, 1.165) is 10.1 Å². The molecule has 0 atom stereocenters. The van der Waals surface area contributed by atoms with Gasteiger partial charge in [-0.25, -0.2) is 8.42 Å². The molecule has 1 aromatic carbocycles. The van der Waals surface area contributed by atoms with Crippen molar-refractivity contribution in [3.05, 3.63) is 53.5 Å². The summed E-state index contributed by atoms with van der Waals surface area (Å²) in [6.45, 7) is 3.18. The van der Waals surface area contributed by atoms with E-state index in [1.165, 1.54) is 43.1 Å². The smallest absolute Gasteiger partial charge is 0.243 e. The van der Waals surface area contributed by atoms with Gasteiger partial charge in [0.2, 0.25) is 15.9 Å². The van der Waals surface area contributed by atoms with Gasteiger partial charge in [0.1, 0.15) is 11.5 Å². The molecule has 0 unspecified atom stereocenters. The fourth-order valence-electron chi connectivity index (χ4n) is 2.33. The standard InChI is InChI=1S/C18H22N2O5S/c1-13-5-8-16(25-13)11-19(3)18(22)12-20(4)26(23,24)17-9-6-15(7-10-17)14(2)21/h5-10H,11-12H2,1-4H3. The minimum absolute atomic E-state index is 0.0297. The lowest BCUT2D eigenvalue weighted by atomic mass is 10.2. The zero-order chi connectivity index (χ0) is 19.5. The Kier molecular flexibility index (Phi) is 5.99. The second kappa shape index (κ2) is 7.84. The molecule has 8 heteroatoms. The van der Waals surface area contributed by atoms with Crippen LogP contribution in [-0.4, -0.2) is 50.0 Å². The molecule has 0 fully saturated rings. The summed E-state index contributed by atoms with van der Waals surface area (Å²) < 4.78 is 31.6. The van der Waals surface area contributed by atoms with Crippen LogP contribution in [0.15, 0.2) is 45.7 Å². The molecule has 0 spiro atoms. The highest BCUT2D eigenvalue weighted by atomic mass is 32.2. The number of amides is 1. The Labute approximate surface area is 153 Å². The van der Waals surface area contributed by atoms with E-state index in [0.29, 0.717) is 11.3 Å². The van der Waals surface area contributed by atoms with Gasteiger partial charge in [-0.1, -0.05) is 12.1 Å². The van der Waals surface area contributed by atoms with Crippen LogP contribution in [0.5, 0.6) is 0 Å². The number of likely N-dealkylation sites (N-methyl/N-ethyl adjacent to an activating group) is 2. The van der Waals surface area contributed by atoms with E-state index in [4.69, 9.17) is 4.42 Å². The molecule has 0 radical (unpaired) electrons. The molecule has 0 saturated carbocycles. The number of carbonyl (C=O) groups is 2. The number of ketones is 1. The van der Waals surface area contributed by atoms with Crippen LogP contribution in [0.4, 0.5) is 0 Å². The van der Waals surface area contributed by atoms with Crippen LogP contribution in [-0.2, 0) is 21.4 Å². The lowest BCUT2D eigenvalue weighted by Crippen LogP contribution is -2.39. The number of rotatable bonds is 7. The number of carbonyl (C=O) groups excluding carboxylic acids is 2. The van der Waals surface area contributed by atoms with Gasteiger partial charge in [-0.15, -0.1) is 0 Å². The van der Waals surface area contributed by atoms with Crippen molar-refractivity contribution < 1.29 is 22.4 Å². The third-order valence-corrected chi connectivity index (χ3v) is 5.76. The fraction of sp³-hybridized carbons (Fsp3) is 0.333. The van der Waals surface area contributed by atoms with E-state index >= 15 is 0 Å². The summed E-state index contributed by atoms with van der Waals surface area (Å²) in [7, 11) is -0.898. The van der Waals surface area contributed by atoms with Gasteiger partial charge in [-0.2, -0.15) is 4.31 Å². The number of Topliss-reactive ketones (excluding diaryl/α,β-unsaturated/α-hetero) is 1. The zero-order valence-corrected chi connectivity index (χ0v) is 16.0. The van der Waals surface area contributed by atoms with E-state index < -0.39 is 10.0 Å². The summed E-state index contributed by atoms with van der Waals surface area (Å²) >= 11 is 0. The van der Waals surface area contributed by atoms with Crippen LogP contribution >= 0.6 is 0 Å². The topological polar surface area (TPSA) is 87.9 Å². The second-order valence-corrected chi connectivity index (χ2v) is 8.15. The van der Waals surface area contributed by atoms with Gasteiger partial charge in [-0.05, 0) is 38.1 Å². The summed E-state index contributed by atoms with van der Waals surface area (Å²) in [5.74, 6) is 0.871. The number of furan rings is 1. The van der Waals surface area contributed by atoms with E-state index in [1.807, 2.05) is 6.92 Å². The van der Waals surface area contributed by atoms with Crippen molar-refractivity contribution in [3.8, 4) is 0 Å². The Hall–Kier alpha value is -2.45. The van der Waals surface area contributed by atoms with Crippen molar-refractivity contribution in [2.24, 2.45) is 0 Å². The molecule has 1 amide bonds. The van der Waals surface area contributed by atoms with Crippen LogP contribution in [0.2, 0.25) is 0 Å². The molecule has 0 aliphatic rings. The maximum Gasteiger partial charge on any atom is 0.243 e. The summed E-state index contributed by atoms with van der Waals surface area (Å²) in [5, 5.41) is 0. The number of benzene rings is 1. The Bertz CT molecular complexity index is 900. The molecule has 0 N–H and O–H groups in total. The fourth-order valence-corrected chi connectivity index (χ4v) is 3.45. The Balaban J connectivity index is 2.05. The van der Waals surface area contributed by atoms with Gasteiger partial charge in [0.25, 0.3) is 0 Å². The molecular weight excluding hydrogens is 356 g/mol. The first-order valence-corrected chi connectivity index (χ1v) is 9.42. The first kappa shape index (κ1) is 19.9. The number of hydrogen-bond acceptors (Lipinski definition) is 5. The highest BCUT2D eigenvalue weighted by molar-refractivity contribution is 7.89. The van der Waals surface area contributed by atoms with E-state index in [9.17, 15) is 18.0 Å². The Morgan fingerprint density at radius 1 is 1.04 bits per heavy atom. The van der Waals surface area contributed by atoms with Crippen LogP contribution in [0.25, 0.3) is 0 Å². The molecule has 0 aliphatic heterocycles. The number of nitrogens with zero attached hydrogens (tertiary/aromatic N) is 2. The minimum Gasteiger partial charge on any atom is -0.464 e. The van der Waals surface area contributed by atoms with Crippen molar-refractivity contribution >= 4 is 21.7 Å². The monoisotopic (exact) mass is 378 g/mol. The van der Waals surface area contributed by atoms with Crippen molar-refractivity contribution in [2.75, 3.05) is 20.6 Å². The van der Waals surface area contributed by atoms with Crippen LogP contribution < -0.4 is 0 Å². The van der Waals surface area contributed by atoms with Gasteiger partial charge in [0.05, 0.1) is 18.0 Å². The lowest BCUT2D eigenvalue weighted by Gasteiger charge is -2.21. The normalized spacial score (nSPS) is 11.6. The van der Waals surface area contributed by atoms with Crippen molar-refractivity contribution in [1.29, 1.82) is 0 Å². The zero-order valence-electron chi connectivity index (χ0n) is 15.2. The van der Waals surface area contributed by atoms with Crippen molar-refractivity contribution in [3.63, 3.8) is 0 Å². The van der Waals surface area contributed by atoms with Crippen molar-refractivity contribution in [1.82, 2.24) is 9.21 Å². The van der Waals surface area contributed by atoms with E-state index in [2.05, 4.69) is 0 Å². The van der Waals surface area contributed by atoms with Crippen molar-refractivity contribution in [2.45, 2.75) is 25.3 Å². The molecule has 1 heterocycles. The molecular formula is C18H22N2O5S. The number of sulfonamides is 1. The summed E-state index contributed by atoms with van der Waals surface area (Å²) in [5.41, 5.74) is 0.427. The van der Waals surface area contributed by atoms with Gasteiger partial charge < -0.3 is 9.32 Å². The molecule has 0 bridgehead atoms. The maximum atomic E-state index is 12.6. The number of aryl methyl sites for hydroxylation is 1. The second-order valence-electron chi connectivity index (χ2n) is 6.10. The Morgan fingerprint density at radius 2 is 1.65 bits per heavy atom. The highest BCUT2D eigenvalue weighted by Gasteiger charge is 2.24. The van der Waals surface area contributed by atoms with Crippen LogP contribution in [0.1, 0.15) is 28.8 Å². The lowest BCUT2D eigenvalue weighted by molar-refractivity contribution is -0.130. The van der Waals surface area contributed by atoms with Gasteiger partial charge in [0, 0.05) is 19.7 Å². The first-order valence-electron chi connectivity index (χ1n) is 7.98. The van der Waals surface area contributed by atoms with Gasteiger partial charge >= 0.3 is 0 Å². The average Bonchev–Trinajstić information content (AvgIpc) is 2.99.